The predicted molar refractivity (Wildman–Crippen MR) is 123 cm³/mol. The lowest BCUT2D eigenvalue weighted by Crippen LogP contribution is -2.52. The number of carbonyl (C=O) groups excluding carboxylic acids is 1. The Labute approximate surface area is 187 Å². The molecule has 31 heavy (non-hydrogen) atoms. The lowest BCUT2D eigenvalue weighted by molar-refractivity contribution is 0.0573. The molecular weight excluding hydrogens is 406 g/mol. The van der Waals surface area contributed by atoms with Crippen LogP contribution in [-0.4, -0.2) is 57.3 Å². The SMILES string of the molecule is CC(C)C(C#N)N1CCN(C(=O)c2ccccc2SCc2cn3ccccc3n2)CC1. The van der Waals surface area contributed by atoms with E-state index in [2.05, 4.69) is 29.8 Å². The number of thioether (sulfide) groups is 1. The van der Waals surface area contributed by atoms with E-state index in [1.807, 2.05) is 64.2 Å². The van der Waals surface area contributed by atoms with Gasteiger partial charge in [0.15, 0.2) is 0 Å². The normalized spacial score (nSPS) is 15.9. The third kappa shape index (κ3) is 4.76. The molecule has 0 radical (unpaired) electrons. The molecule has 0 aliphatic carbocycles. The molecule has 3 heterocycles. The van der Waals surface area contributed by atoms with Gasteiger partial charge in [0.1, 0.15) is 11.7 Å². The van der Waals surface area contributed by atoms with Crippen LogP contribution in [0.3, 0.4) is 0 Å². The van der Waals surface area contributed by atoms with Crippen LogP contribution in [0.4, 0.5) is 0 Å². The molecule has 6 nitrogen and oxygen atoms in total. The number of benzene rings is 1. The molecule has 1 saturated heterocycles. The Kier molecular flexibility index (Phi) is 6.59. The first-order chi connectivity index (χ1) is 15.1. The van der Waals surface area contributed by atoms with Crippen LogP contribution in [0.1, 0.15) is 29.9 Å². The number of amides is 1. The van der Waals surface area contributed by atoms with Gasteiger partial charge in [-0.2, -0.15) is 5.26 Å². The van der Waals surface area contributed by atoms with Crippen molar-refractivity contribution in [1.29, 1.82) is 5.26 Å². The smallest absolute Gasteiger partial charge is 0.255 e. The molecule has 0 N–H and O–H groups in total. The minimum Gasteiger partial charge on any atom is -0.336 e. The highest BCUT2D eigenvalue weighted by molar-refractivity contribution is 7.98. The molecule has 4 rings (SSSR count). The van der Waals surface area contributed by atoms with Gasteiger partial charge in [-0.3, -0.25) is 9.69 Å². The first-order valence-electron chi connectivity index (χ1n) is 10.6. The zero-order valence-corrected chi connectivity index (χ0v) is 18.8. The number of rotatable bonds is 6. The average molecular weight is 434 g/mol. The molecule has 7 heteroatoms. The monoisotopic (exact) mass is 433 g/mol. The number of fused-ring (bicyclic) bond motifs is 1. The maximum absolute atomic E-state index is 13.3. The van der Waals surface area contributed by atoms with Gasteiger partial charge in [0.2, 0.25) is 0 Å². The summed E-state index contributed by atoms with van der Waals surface area (Å²) in [5.74, 6) is 1.05. The summed E-state index contributed by atoms with van der Waals surface area (Å²) in [4.78, 5) is 23.0. The Balaban J connectivity index is 1.42. The second-order valence-electron chi connectivity index (χ2n) is 8.13. The summed E-state index contributed by atoms with van der Waals surface area (Å²) < 4.78 is 2.01. The topological polar surface area (TPSA) is 64.6 Å². The van der Waals surface area contributed by atoms with Crippen molar-refractivity contribution < 1.29 is 4.79 Å². The van der Waals surface area contributed by atoms with Crippen molar-refractivity contribution in [2.24, 2.45) is 5.92 Å². The largest absolute Gasteiger partial charge is 0.336 e. The third-order valence-corrected chi connectivity index (χ3v) is 6.77. The molecule has 1 fully saturated rings. The van der Waals surface area contributed by atoms with Gasteiger partial charge in [-0.15, -0.1) is 11.8 Å². The Morgan fingerprint density at radius 2 is 1.87 bits per heavy atom. The average Bonchev–Trinajstić information content (AvgIpc) is 3.21. The second-order valence-corrected chi connectivity index (χ2v) is 9.15. The van der Waals surface area contributed by atoms with E-state index >= 15 is 0 Å². The molecule has 1 aromatic carbocycles. The molecule has 3 aromatic rings. The van der Waals surface area contributed by atoms with Gasteiger partial charge in [-0.05, 0) is 30.2 Å². The van der Waals surface area contributed by atoms with Gasteiger partial charge in [-0.1, -0.05) is 32.0 Å². The molecule has 2 aromatic heterocycles. The van der Waals surface area contributed by atoms with Crippen LogP contribution in [0, 0.1) is 17.2 Å². The van der Waals surface area contributed by atoms with Gasteiger partial charge < -0.3 is 9.30 Å². The summed E-state index contributed by atoms with van der Waals surface area (Å²) in [6.07, 6.45) is 4.02. The number of imidazole rings is 1. The van der Waals surface area contributed by atoms with Gasteiger partial charge in [0.05, 0.1) is 17.3 Å². The van der Waals surface area contributed by atoms with E-state index in [1.54, 1.807) is 11.8 Å². The van der Waals surface area contributed by atoms with Crippen LogP contribution < -0.4 is 0 Å². The number of hydrogen-bond donors (Lipinski definition) is 0. The molecule has 1 atom stereocenters. The molecule has 0 spiro atoms. The summed E-state index contributed by atoms with van der Waals surface area (Å²) in [5, 5.41) is 9.46. The van der Waals surface area contributed by atoms with Crippen LogP contribution in [-0.2, 0) is 5.75 Å². The Morgan fingerprint density at radius 1 is 1.13 bits per heavy atom. The highest BCUT2D eigenvalue weighted by Gasteiger charge is 2.28. The van der Waals surface area contributed by atoms with Crippen LogP contribution >= 0.6 is 11.8 Å². The summed E-state index contributed by atoms with van der Waals surface area (Å²) in [6, 6.07) is 16.1. The molecule has 1 aliphatic rings. The Morgan fingerprint density at radius 3 is 2.58 bits per heavy atom. The fourth-order valence-corrected chi connectivity index (χ4v) is 4.93. The molecular formula is C24H27N5OS. The van der Waals surface area contributed by atoms with Crippen LogP contribution in [0.25, 0.3) is 5.65 Å². The number of piperazine rings is 1. The molecule has 1 amide bonds. The maximum Gasteiger partial charge on any atom is 0.255 e. The summed E-state index contributed by atoms with van der Waals surface area (Å²) in [7, 11) is 0. The van der Waals surface area contributed by atoms with Crippen molar-refractivity contribution in [2.75, 3.05) is 26.2 Å². The van der Waals surface area contributed by atoms with E-state index in [9.17, 15) is 10.1 Å². The van der Waals surface area contributed by atoms with Gasteiger partial charge in [0.25, 0.3) is 5.91 Å². The minimum atomic E-state index is -0.0921. The first kappa shape index (κ1) is 21.4. The van der Waals surface area contributed by atoms with Crippen molar-refractivity contribution in [3.8, 4) is 6.07 Å². The van der Waals surface area contributed by atoms with Crippen molar-refractivity contribution in [1.82, 2.24) is 19.2 Å². The minimum absolute atomic E-state index is 0.0656. The summed E-state index contributed by atoms with van der Waals surface area (Å²) in [5.41, 5.74) is 2.66. The molecule has 1 unspecified atom stereocenters. The second kappa shape index (κ2) is 9.54. The summed E-state index contributed by atoms with van der Waals surface area (Å²) in [6.45, 7) is 6.91. The lowest BCUT2D eigenvalue weighted by Gasteiger charge is -2.38. The molecule has 0 bridgehead atoms. The quantitative estimate of drug-likeness (QED) is 0.551. The number of aromatic nitrogens is 2. The van der Waals surface area contributed by atoms with Crippen molar-refractivity contribution in [3.63, 3.8) is 0 Å². The van der Waals surface area contributed by atoms with E-state index in [4.69, 9.17) is 0 Å². The van der Waals surface area contributed by atoms with Gasteiger partial charge in [-0.25, -0.2) is 4.98 Å². The van der Waals surface area contributed by atoms with Crippen molar-refractivity contribution in [2.45, 2.75) is 30.5 Å². The highest BCUT2D eigenvalue weighted by atomic mass is 32.2. The predicted octanol–water partition coefficient (Wildman–Crippen LogP) is 3.93. The summed E-state index contributed by atoms with van der Waals surface area (Å²) >= 11 is 1.64. The van der Waals surface area contributed by atoms with Crippen molar-refractivity contribution >= 4 is 23.3 Å². The maximum atomic E-state index is 13.3. The number of carbonyl (C=O) groups is 1. The number of pyridine rings is 1. The van der Waals surface area contributed by atoms with Crippen molar-refractivity contribution in [3.05, 3.63) is 66.1 Å². The highest BCUT2D eigenvalue weighted by Crippen LogP contribution is 2.27. The zero-order valence-electron chi connectivity index (χ0n) is 17.9. The molecule has 160 valence electrons. The Bertz CT molecular complexity index is 1060. The van der Waals surface area contributed by atoms with Gasteiger partial charge in [0, 0.05) is 49.2 Å². The standard InChI is InChI=1S/C24H27N5OS/c1-18(2)21(15-25)27-11-13-28(14-12-27)24(30)20-7-3-4-8-22(20)31-17-19-16-29-10-6-5-9-23(29)26-19/h3-10,16,18,21H,11-14,17H2,1-2H3. The lowest BCUT2D eigenvalue weighted by atomic mass is 10.0. The van der Waals surface area contributed by atoms with E-state index < -0.39 is 0 Å². The van der Waals surface area contributed by atoms with Crippen LogP contribution in [0.2, 0.25) is 0 Å². The van der Waals surface area contributed by atoms with E-state index in [1.165, 1.54) is 0 Å². The third-order valence-electron chi connectivity index (χ3n) is 5.67. The van der Waals surface area contributed by atoms with Crippen LogP contribution in [0.15, 0.2) is 59.8 Å². The molecule has 1 aliphatic heterocycles. The number of nitriles is 1. The number of hydrogen-bond acceptors (Lipinski definition) is 5. The Hall–Kier alpha value is -2.82. The van der Waals surface area contributed by atoms with Crippen LogP contribution in [0.5, 0.6) is 0 Å². The molecule has 0 saturated carbocycles. The van der Waals surface area contributed by atoms with Gasteiger partial charge >= 0.3 is 0 Å². The van der Waals surface area contributed by atoms with E-state index in [0.29, 0.717) is 18.8 Å². The fraction of sp³-hybridized carbons (Fsp3) is 0.375. The number of nitrogens with zero attached hydrogens (tertiary/aromatic N) is 5. The fourth-order valence-electron chi connectivity index (χ4n) is 4.00. The van der Waals surface area contributed by atoms with E-state index in [0.717, 1.165) is 34.9 Å². The first-order valence-corrected chi connectivity index (χ1v) is 11.6. The zero-order chi connectivity index (χ0) is 21.8. The van der Waals surface area contributed by atoms with E-state index in [-0.39, 0.29) is 17.9 Å².